The molecule has 0 atom stereocenters. The van der Waals surface area contributed by atoms with Crippen LogP contribution in [0.4, 0.5) is 0 Å². The third-order valence-corrected chi connectivity index (χ3v) is 6.51. The van der Waals surface area contributed by atoms with Crippen LogP contribution in [0.1, 0.15) is 78.0 Å². The first-order valence-corrected chi connectivity index (χ1v) is 11.9. The van der Waals surface area contributed by atoms with Gasteiger partial charge in [-0.1, -0.05) is 32.5 Å². The molecule has 0 aromatic carbocycles. The number of H-pyrrole nitrogens is 1. The normalized spacial score (nSPS) is 11.5. The third kappa shape index (κ3) is 4.44. The molecule has 0 aliphatic carbocycles. The summed E-state index contributed by atoms with van der Waals surface area (Å²) in [6.07, 6.45) is 0.694. The number of nitrogens with zero attached hydrogens (tertiary/aromatic N) is 4. The predicted molar refractivity (Wildman–Crippen MR) is 129 cm³/mol. The van der Waals surface area contributed by atoms with Gasteiger partial charge in [0.05, 0.1) is 11.4 Å². The molecule has 0 amide bonds. The number of aromatic nitrogens is 5. The molecular weight excluding hydrogens is 442 g/mol. The molecule has 1 N–H and O–H groups in total. The van der Waals surface area contributed by atoms with Gasteiger partial charge in [-0.05, 0) is 32.8 Å². The number of aryl methyl sites for hydroxylation is 2. The molecule has 176 valence electrons. The van der Waals surface area contributed by atoms with Crippen LogP contribution in [-0.2, 0) is 13.6 Å². The number of ketones is 2. The Kier molecular flexibility index (Phi) is 7.06. The molecule has 0 saturated heterocycles. The average Bonchev–Trinajstić information content (AvgIpc) is 3.06. The summed E-state index contributed by atoms with van der Waals surface area (Å²) in [5.41, 5.74) is 1.56. The van der Waals surface area contributed by atoms with Crippen LogP contribution in [0.15, 0.2) is 14.6 Å². The van der Waals surface area contributed by atoms with Crippen molar-refractivity contribution in [3.8, 4) is 0 Å². The quantitative estimate of drug-likeness (QED) is 0.304. The summed E-state index contributed by atoms with van der Waals surface area (Å²) in [6, 6.07) is 0. The lowest BCUT2D eigenvalue weighted by Gasteiger charge is -2.15. The summed E-state index contributed by atoms with van der Waals surface area (Å²) in [4.78, 5) is 62.8. The number of thioether (sulfide) groups is 1. The monoisotopic (exact) mass is 471 g/mol. The lowest BCUT2D eigenvalue weighted by molar-refractivity contribution is 0.101. The average molecular weight is 472 g/mol. The fourth-order valence-electron chi connectivity index (χ4n) is 3.90. The first kappa shape index (κ1) is 24.6. The summed E-state index contributed by atoms with van der Waals surface area (Å²) in [6.45, 7) is 11.2. The number of Topliss-reactive ketones (excluding diaryl/α,β-unsaturated/α-hetero) is 2. The Morgan fingerprint density at radius 1 is 1.15 bits per heavy atom. The number of aromatic amines is 1. The predicted octanol–water partition coefficient (Wildman–Crippen LogP) is 3.15. The van der Waals surface area contributed by atoms with Crippen molar-refractivity contribution in [1.29, 1.82) is 0 Å². The Hall–Kier alpha value is -3.01. The standard InChI is InChI=1S/C23H29N5O4S/c1-8-9-28-20-17(22(31)27(7)23(28)32)21(26-19(25-20)11(2)3)33-10-15(30)18-12(4)16(14(6)29)13(5)24-18/h11,24H,8-10H2,1-7H3. The van der Waals surface area contributed by atoms with Gasteiger partial charge in [0.1, 0.15) is 16.2 Å². The fraction of sp³-hybridized carbons (Fsp3) is 0.478. The molecule has 3 aromatic heterocycles. The minimum absolute atomic E-state index is 0.0118. The zero-order chi connectivity index (χ0) is 24.6. The van der Waals surface area contributed by atoms with Crippen molar-refractivity contribution in [3.05, 3.63) is 49.2 Å². The van der Waals surface area contributed by atoms with Crippen molar-refractivity contribution in [2.75, 3.05) is 5.75 Å². The Balaban J connectivity index is 2.12. The van der Waals surface area contributed by atoms with Gasteiger partial charge in [0, 0.05) is 30.8 Å². The number of hydrogen-bond acceptors (Lipinski definition) is 7. The van der Waals surface area contributed by atoms with Crippen LogP contribution in [0.3, 0.4) is 0 Å². The number of hydrogen-bond donors (Lipinski definition) is 1. The summed E-state index contributed by atoms with van der Waals surface area (Å²) in [5.74, 6) is 0.168. The van der Waals surface area contributed by atoms with Crippen LogP contribution in [0.2, 0.25) is 0 Å². The van der Waals surface area contributed by atoms with Gasteiger partial charge in [-0.2, -0.15) is 0 Å². The second kappa shape index (κ2) is 9.46. The van der Waals surface area contributed by atoms with Gasteiger partial charge in [0.2, 0.25) is 0 Å². The van der Waals surface area contributed by atoms with Crippen LogP contribution in [0, 0.1) is 13.8 Å². The highest BCUT2D eigenvalue weighted by molar-refractivity contribution is 8.00. The molecule has 0 bridgehead atoms. The van der Waals surface area contributed by atoms with Gasteiger partial charge in [0.25, 0.3) is 5.56 Å². The zero-order valence-electron chi connectivity index (χ0n) is 20.0. The van der Waals surface area contributed by atoms with Gasteiger partial charge in [-0.3, -0.25) is 23.5 Å². The van der Waals surface area contributed by atoms with Crippen LogP contribution < -0.4 is 11.2 Å². The van der Waals surface area contributed by atoms with E-state index in [2.05, 4.69) is 15.0 Å². The topological polar surface area (TPSA) is 120 Å². The Morgan fingerprint density at radius 2 is 1.82 bits per heavy atom. The van der Waals surface area contributed by atoms with Gasteiger partial charge in [-0.15, -0.1) is 0 Å². The van der Waals surface area contributed by atoms with Crippen molar-refractivity contribution in [2.24, 2.45) is 7.05 Å². The summed E-state index contributed by atoms with van der Waals surface area (Å²) >= 11 is 1.14. The van der Waals surface area contributed by atoms with Crippen LogP contribution >= 0.6 is 11.8 Å². The molecular formula is C23H29N5O4S. The van der Waals surface area contributed by atoms with Gasteiger partial charge in [-0.25, -0.2) is 14.8 Å². The smallest absolute Gasteiger partial charge is 0.332 e. The molecule has 0 aliphatic heterocycles. The first-order valence-electron chi connectivity index (χ1n) is 10.9. The van der Waals surface area contributed by atoms with Crippen molar-refractivity contribution < 1.29 is 9.59 Å². The highest BCUT2D eigenvalue weighted by atomic mass is 32.2. The lowest BCUT2D eigenvalue weighted by atomic mass is 10.1. The second-order valence-corrected chi connectivity index (χ2v) is 9.40. The summed E-state index contributed by atoms with van der Waals surface area (Å²) in [5, 5.41) is 0.604. The number of nitrogens with one attached hydrogen (secondary N) is 1. The van der Waals surface area contributed by atoms with E-state index in [-0.39, 0.29) is 28.6 Å². The van der Waals surface area contributed by atoms with Crippen LogP contribution in [0.5, 0.6) is 0 Å². The maximum Gasteiger partial charge on any atom is 0.332 e. The number of fused-ring (bicyclic) bond motifs is 1. The number of rotatable bonds is 8. The molecule has 3 heterocycles. The van der Waals surface area contributed by atoms with Crippen LogP contribution in [0.25, 0.3) is 11.0 Å². The zero-order valence-corrected chi connectivity index (χ0v) is 20.8. The second-order valence-electron chi connectivity index (χ2n) is 8.43. The number of carbonyl (C=O) groups excluding carboxylic acids is 2. The highest BCUT2D eigenvalue weighted by Crippen LogP contribution is 2.27. The van der Waals surface area contributed by atoms with Gasteiger partial charge in [0.15, 0.2) is 17.2 Å². The fourth-order valence-corrected chi connectivity index (χ4v) is 4.80. The molecule has 10 heteroatoms. The molecule has 33 heavy (non-hydrogen) atoms. The summed E-state index contributed by atoms with van der Waals surface area (Å²) < 4.78 is 2.55. The lowest BCUT2D eigenvalue weighted by Crippen LogP contribution is -2.39. The minimum atomic E-state index is -0.488. The van der Waals surface area contributed by atoms with E-state index in [0.717, 1.165) is 16.3 Å². The molecule has 0 fully saturated rings. The van der Waals surface area contributed by atoms with E-state index in [1.54, 1.807) is 13.8 Å². The van der Waals surface area contributed by atoms with E-state index in [1.165, 1.54) is 18.5 Å². The molecule has 9 nitrogen and oxygen atoms in total. The Bertz CT molecular complexity index is 1380. The maximum atomic E-state index is 13.0. The molecule has 0 unspecified atom stereocenters. The molecule has 3 aromatic rings. The van der Waals surface area contributed by atoms with Crippen molar-refractivity contribution in [2.45, 2.75) is 65.5 Å². The molecule has 0 saturated carbocycles. The van der Waals surface area contributed by atoms with E-state index in [1.807, 2.05) is 20.8 Å². The molecule has 0 aliphatic rings. The van der Waals surface area contributed by atoms with E-state index in [0.29, 0.717) is 52.0 Å². The molecule has 0 radical (unpaired) electrons. The number of carbonyl (C=O) groups is 2. The Morgan fingerprint density at radius 3 is 2.36 bits per heavy atom. The Labute approximate surface area is 195 Å². The molecule has 3 rings (SSSR count). The first-order chi connectivity index (χ1) is 15.5. The van der Waals surface area contributed by atoms with Gasteiger partial charge >= 0.3 is 5.69 Å². The summed E-state index contributed by atoms with van der Waals surface area (Å²) in [7, 11) is 1.43. The highest BCUT2D eigenvalue weighted by Gasteiger charge is 2.23. The van der Waals surface area contributed by atoms with E-state index < -0.39 is 11.2 Å². The van der Waals surface area contributed by atoms with E-state index in [4.69, 9.17) is 0 Å². The van der Waals surface area contributed by atoms with Crippen molar-refractivity contribution in [3.63, 3.8) is 0 Å². The third-order valence-electron chi connectivity index (χ3n) is 5.54. The van der Waals surface area contributed by atoms with E-state index in [9.17, 15) is 19.2 Å². The van der Waals surface area contributed by atoms with Gasteiger partial charge < -0.3 is 4.98 Å². The largest absolute Gasteiger partial charge is 0.355 e. The van der Waals surface area contributed by atoms with Crippen molar-refractivity contribution in [1.82, 2.24) is 24.1 Å². The van der Waals surface area contributed by atoms with Crippen LogP contribution in [-0.4, -0.2) is 41.4 Å². The van der Waals surface area contributed by atoms with E-state index >= 15 is 0 Å². The molecule has 0 spiro atoms. The SMILES string of the molecule is CCCn1c(=O)n(C)c(=O)c2c(SCC(=O)c3[nH]c(C)c(C(C)=O)c3C)nc(C(C)C)nc21. The maximum absolute atomic E-state index is 13.0. The van der Waals surface area contributed by atoms with Crippen molar-refractivity contribution >= 4 is 34.4 Å². The minimum Gasteiger partial charge on any atom is -0.355 e.